The van der Waals surface area contributed by atoms with E-state index in [1.165, 1.54) is 25.2 Å². The fraction of sp³-hybridized carbons (Fsp3) is 0.143. The van der Waals surface area contributed by atoms with E-state index in [4.69, 9.17) is 11.6 Å². The van der Waals surface area contributed by atoms with Crippen LogP contribution in [0.15, 0.2) is 53.4 Å². The molecule has 0 spiro atoms. The third kappa shape index (κ3) is 3.62. The number of halogens is 1. The lowest BCUT2D eigenvalue weighted by molar-refractivity contribution is -0.385. The zero-order chi connectivity index (χ0) is 16.3. The second kappa shape index (κ2) is 6.43. The van der Waals surface area contributed by atoms with Crippen LogP contribution in [0.4, 0.5) is 5.69 Å². The Morgan fingerprint density at radius 3 is 2.50 bits per heavy atom. The fourth-order valence-corrected chi connectivity index (χ4v) is 3.33. The summed E-state index contributed by atoms with van der Waals surface area (Å²) in [5, 5.41) is 11.3. The molecule has 0 amide bonds. The van der Waals surface area contributed by atoms with Crippen molar-refractivity contribution in [3.63, 3.8) is 0 Å². The SMILES string of the molecule is CN(Cc1cccc(Cl)c1)S(=O)(=O)c1cccc([N+](=O)[O-])c1. The van der Waals surface area contributed by atoms with Crippen LogP contribution in [0.25, 0.3) is 0 Å². The minimum atomic E-state index is -3.82. The summed E-state index contributed by atoms with van der Waals surface area (Å²) in [5.41, 5.74) is 0.459. The van der Waals surface area contributed by atoms with Gasteiger partial charge in [0, 0.05) is 30.7 Å². The van der Waals surface area contributed by atoms with E-state index in [2.05, 4.69) is 0 Å². The molecular formula is C14H13ClN2O4S. The number of nitro benzene ring substituents is 1. The Morgan fingerprint density at radius 1 is 1.18 bits per heavy atom. The third-order valence-electron chi connectivity index (χ3n) is 3.03. The van der Waals surface area contributed by atoms with Crippen LogP contribution >= 0.6 is 11.6 Å². The molecule has 0 radical (unpaired) electrons. The molecule has 2 aromatic rings. The lowest BCUT2D eigenvalue weighted by Gasteiger charge is -2.17. The maximum absolute atomic E-state index is 12.5. The molecule has 0 aromatic heterocycles. The molecule has 0 saturated heterocycles. The molecule has 0 aliphatic heterocycles. The van der Waals surface area contributed by atoms with E-state index >= 15 is 0 Å². The first kappa shape index (κ1) is 16.4. The van der Waals surface area contributed by atoms with Gasteiger partial charge >= 0.3 is 0 Å². The van der Waals surface area contributed by atoms with E-state index in [-0.39, 0.29) is 17.1 Å². The Morgan fingerprint density at radius 2 is 1.86 bits per heavy atom. The van der Waals surface area contributed by atoms with Crippen molar-refractivity contribution in [2.75, 3.05) is 7.05 Å². The highest BCUT2D eigenvalue weighted by Gasteiger charge is 2.23. The zero-order valence-corrected chi connectivity index (χ0v) is 13.2. The standard InChI is InChI=1S/C14H13ClN2O4S/c1-16(10-11-4-2-5-12(15)8-11)22(20,21)14-7-3-6-13(9-14)17(18)19/h2-9H,10H2,1H3. The topological polar surface area (TPSA) is 80.5 Å². The van der Waals surface area contributed by atoms with E-state index in [9.17, 15) is 18.5 Å². The average Bonchev–Trinajstić information content (AvgIpc) is 2.47. The minimum Gasteiger partial charge on any atom is -0.258 e. The molecule has 0 unspecified atom stereocenters. The quantitative estimate of drug-likeness (QED) is 0.618. The number of nitrogens with zero attached hydrogens (tertiary/aromatic N) is 2. The maximum atomic E-state index is 12.5. The van der Waals surface area contributed by atoms with Gasteiger partial charge in [0.25, 0.3) is 5.69 Å². The van der Waals surface area contributed by atoms with Crippen molar-refractivity contribution < 1.29 is 13.3 Å². The first-order valence-electron chi connectivity index (χ1n) is 6.26. The first-order chi connectivity index (χ1) is 10.3. The molecule has 2 aromatic carbocycles. The summed E-state index contributed by atoms with van der Waals surface area (Å²) >= 11 is 5.87. The third-order valence-corrected chi connectivity index (χ3v) is 5.07. The average molecular weight is 341 g/mol. The van der Waals surface area contributed by atoms with Crippen LogP contribution in [0.2, 0.25) is 5.02 Å². The highest BCUT2D eigenvalue weighted by molar-refractivity contribution is 7.89. The van der Waals surface area contributed by atoms with Crippen molar-refractivity contribution in [2.45, 2.75) is 11.4 Å². The van der Waals surface area contributed by atoms with E-state index < -0.39 is 14.9 Å². The Bertz CT molecular complexity index is 808. The molecule has 0 N–H and O–H groups in total. The predicted octanol–water partition coefficient (Wildman–Crippen LogP) is 3.07. The van der Waals surface area contributed by atoms with Gasteiger partial charge in [-0.25, -0.2) is 8.42 Å². The Hall–Kier alpha value is -1.96. The van der Waals surface area contributed by atoms with Crippen molar-refractivity contribution in [3.8, 4) is 0 Å². The van der Waals surface area contributed by atoms with E-state index in [0.717, 1.165) is 15.9 Å². The Kier molecular flexibility index (Phi) is 4.80. The zero-order valence-electron chi connectivity index (χ0n) is 11.6. The van der Waals surface area contributed by atoms with Crippen LogP contribution in [-0.2, 0) is 16.6 Å². The van der Waals surface area contributed by atoms with Gasteiger partial charge in [0.2, 0.25) is 10.0 Å². The molecule has 0 bridgehead atoms. The molecule has 8 heteroatoms. The van der Waals surface area contributed by atoms with Gasteiger partial charge < -0.3 is 0 Å². The van der Waals surface area contributed by atoms with Crippen LogP contribution in [0.3, 0.4) is 0 Å². The molecular weight excluding hydrogens is 328 g/mol. The number of sulfonamides is 1. The number of nitro groups is 1. The normalized spacial score (nSPS) is 11.6. The molecule has 6 nitrogen and oxygen atoms in total. The summed E-state index contributed by atoms with van der Waals surface area (Å²) in [4.78, 5) is 10.0. The van der Waals surface area contributed by atoms with Crippen LogP contribution < -0.4 is 0 Å². The van der Waals surface area contributed by atoms with E-state index in [1.54, 1.807) is 24.3 Å². The van der Waals surface area contributed by atoms with E-state index in [1.807, 2.05) is 0 Å². The molecule has 0 saturated carbocycles. The summed E-state index contributed by atoms with van der Waals surface area (Å²) in [6.45, 7) is 0.117. The lowest BCUT2D eigenvalue weighted by Crippen LogP contribution is -2.26. The van der Waals surface area contributed by atoms with E-state index in [0.29, 0.717) is 5.02 Å². The summed E-state index contributed by atoms with van der Waals surface area (Å²) in [6.07, 6.45) is 0. The second-order valence-electron chi connectivity index (χ2n) is 4.65. The monoisotopic (exact) mass is 340 g/mol. The van der Waals surface area contributed by atoms with Crippen molar-refractivity contribution in [1.82, 2.24) is 4.31 Å². The van der Waals surface area contributed by atoms with Gasteiger partial charge in [-0.15, -0.1) is 0 Å². The molecule has 0 heterocycles. The summed E-state index contributed by atoms with van der Waals surface area (Å²) in [7, 11) is -2.41. The van der Waals surface area contributed by atoms with Crippen molar-refractivity contribution >= 4 is 27.3 Å². The molecule has 116 valence electrons. The molecule has 0 aliphatic carbocycles. The number of rotatable bonds is 5. The Balaban J connectivity index is 2.29. The molecule has 0 atom stereocenters. The van der Waals surface area contributed by atoms with Gasteiger partial charge in [-0.05, 0) is 23.8 Å². The summed E-state index contributed by atoms with van der Waals surface area (Å²) < 4.78 is 26.1. The molecule has 22 heavy (non-hydrogen) atoms. The van der Waals surface area contributed by atoms with Crippen LogP contribution in [0, 0.1) is 10.1 Å². The number of hydrogen-bond donors (Lipinski definition) is 0. The number of benzene rings is 2. The van der Waals surface area contributed by atoms with Gasteiger partial charge in [-0.2, -0.15) is 4.31 Å². The van der Waals surface area contributed by atoms with Crippen molar-refractivity contribution in [3.05, 3.63) is 69.2 Å². The number of non-ortho nitro benzene ring substituents is 1. The predicted molar refractivity (Wildman–Crippen MR) is 83.2 cm³/mol. The van der Waals surface area contributed by atoms with Gasteiger partial charge in [-0.1, -0.05) is 29.8 Å². The highest BCUT2D eigenvalue weighted by atomic mass is 35.5. The maximum Gasteiger partial charge on any atom is 0.270 e. The summed E-state index contributed by atoms with van der Waals surface area (Å²) in [6, 6.07) is 11.8. The summed E-state index contributed by atoms with van der Waals surface area (Å²) in [5.74, 6) is 0. The molecule has 0 fully saturated rings. The fourth-order valence-electron chi connectivity index (χ4n) is 1.91. The Labute approximate surface area is 133 Å². The van der Waals surface area contributed by atoms with Crippen LogP contribution in [-0.4, -0.2) is 24.7 Å². The van der Waals surface area contributed by atoms with Gasteiger partial charge in [-0.3, -0.25) is 10.1 Å². The first-order valence-corrected chi connectivity index (χ1v) is 8.08. The van der Waals surface area contributed by atoms with Crippen molar-refractivity contribution in [2.24, 2.45) is 0 Å². The minimum absolute atomic E-state index is 0.117. The largest absolute Gasteiger partial charge is 0.270 e. The van der Waals surface area contributed by atoms with Gasteiger partial charge in [0.15, 0.2) is 0 Å². The molecule has 2 rings (SSSR count). The van der Waals surface area contributed by atoms with Crippen molar-refractivity contribution in [1.29, 1.82) is 0 Å². The van der Waals surface area contributed by atoms with Gasteiger partial charge in [0.05, 0.1) is 9.82 Å². The highest BCUT2D eigenvalue weighted by Crippen LogP contribution is 2.22. The van der Waals surface area contributed by atoms with Crippen LogP contribution in [0.5, 0.6) is 0 Å². The smallest absolute Gasteiger partial charge is 0.258 e. The second-order valence-corrected chi connectivity index (χ2v) is 7.13. The van der Waals surface area contributed by atoms with Gasteiger partial charge in [0.1, 0.15) is 0 Å². The molecule has 0 aliphatic rings. The van der Waals surface area contributed by atoms with Crippen LogP contribution in [0.1, 0.15) is 5.56 Å². The lowest BCUT2D eigenvalue weighted by atomic mass is 10.2. The number of hydrogen-bond acceptors (Lipinski definition) is 4.